The Hall–Kier alpha value is -4.65. The Balaban J connectivity index is 1.33. The molecule has 2 N–H and O–H groups in total. The first kappa shape index (κ1) is 37.1. The minimum atomic E-state index is -1.04. The van der Waals surface area contributed by atoms with Crippen LogP contribution in [0.5, 0.6) is 11.5 Å². The minimum absolute atomic E-state index is 0.0457. The van der Waals surface area contributed by atoms with Crippen LogP contribution in [-0.2, 0) is 33.1 Å². The molecular formula is C41H45N3O7S. The number of hydrogen-bond acceptors (Lipinski definition) is 9. The third kappa shape index (κ3) is 8.04. The molecule has 52 heavy (non-hydrogen) atoms. The van der Waals surface area contributed by atoms with Crippen molar-refractivity contribution >= 4 is 11.8 Å². The molecule has 5 aromatic rings. The molecule has 0 bridgehead atoms. The van der Waals surface area contributed by atoms with E-state index < -0.39 is 29.2 Å². The zero-order valence-corrected chi connectivity index (χ0v) is 30.5. The molecular weight excluding hydrogens is 679 g/mol. The summed E-state index contributed by atoms with van der Waals surface area (Å²) in [5.41, 5.74) is 8.13. The van der Waals surface area contributed by atoms with Gasteiger partial charge in [-0.1, -0.05) is 84.9 Å². The van der Waals surface area contributed by atoms with Crippen molar-refractivity contribution in [1.82, 2.24) is 9.13 Å². The highest BCUT2D eigenvalue weighted by Gasteiger charge is 2.43. The lowest BCUT2D eigenvalue weighted by Crippen LogP contribution is -2.42. The number of aryl methyl sites for hydroxylation is 1. The molecule has 0 radical (unpaired) electrons. The molecule has 1 fully saturated rings. The Labute approximate surface area is 308 Å². The molecule has 0 spiro atoms. The highest BCUT2D eigenvalue weighted by molar-refractivity contribution is 8.00. The predicted octanol–water partition coefficient (Wildman–Crippen LogP) is 5.87. The monoisotopic (exact) mass is 723 g/mol. The Bertz CT molecular complexity index is 1950. The van der Waals surface area contributed by atoms with Gasteiger partial charge in [-0.3, -0.25) is 9.36 Å². The summed E-state index contributed by atoms with van der Waals surface area (Å²) in [5, 5.41) is -0.0457. The average molecular weight is 724 g/mol. The zero-order chi connectivity index (χ0) is 36.5. The molecule has 3 atom stereocenters. The number of aromatic nitrogens is 2. The number of nitrogens with two attached hydrogens (primary N) is 1. The Morgan fingerprint density at radius 2 is 1.40 bits per heavy atom. The number of thioether (sulfide) groups is 1. The molecule has 4 aromatic carbocycles. The van der Waals surface area contributed by atoms with Crippen molar-refractivity contribution in [1.29, 1.82) is 0 Å². The summed E-state index contributed by atoms with van der Waals surface area (Å²) >= 11 is 1.70. The molecule has 0 amide bonds. The smallest absolute Gasteiger partial charge is 0.335 e. The third-order valence-electron chi connectivity index (χ3n) is 9.28. The van der Waals surface area contributed by atoms with Crippen molar-refractivity contribution in [2.75, 3.05) is 33.1 Å². The van der Waals surface area contributed by atoms with E-state index in [2.05, 4.69) is 12.1 Å². The summed E-state index contributed by atoms with van der Waals surface area (Å²) in [7, 11) is 3.28. The summed E-state index contributed by atoms with van der Waals surface area (Å²) in [4.78, 5) is 27.0. The molecule has 10 nitrogen and oxygen atoms in total. The summed E-state index contributed by atoms with van der Waals surface area (Å²) in [5.74, 6) is 2.17. The van der Waals surface area contributed by atoms with Gasteiger partial charge in [0.15, 0.2) is 0 Å². The minimum Gasteiger partial charge on any atom is -0.497 e. The number of benzene rings is 4. The second-order valence-corrected chi connectivity index (χ2v) is 13.9. The number of nitrogens with zero attached hydrogens (tertiary/aromatic N) is 2. The molecule has 0 unspecified atom stereocenters. The highest BCUT2D eigenvalue weighted by Crippen LogP contribution is 2.43. The van der Waals surface area contributed by atoms with Crippen molar-refractivity contribution in [3.63, 3.8) is 0 Å². The van der Waals surface area contributed by atoms with Crippen LogP contribution in [0.15, 0.2) is 125 Å². The molecule has 11 heteroatoms. The maximum absolute atomic E-state index is 13.9. The normalized spacial score (nSPS) is 17.3. The van der Waals surface area contributed by atoms with Gasteiger partial charge in [0.25, 0.3) is 5.56 Å². The van der Waals surface area contributed by atoms with Gasteiger partial charge >= 0.3 is 5.69 Å². The van der Waals surface area contributed by atoms with E-state index in [-0.39, 0.29) is 25.2 Å². The van der Waals surface area contributed by atoms with Gasteiger partial charge in [0.2, 0.25) is 0 Å². The van der Waals surface area contributed by atoms with Gasteiger partial charge in [-0.15, -0.1) is 0 Å². The van der Waals surface area contributed by atoms with E-state index >= 15 is 0 Å². The molecule has 1 aromatic heterocycles. The van der Waals surface area contributed by atoms with Gasteiger partial charge in [-0.05, 0) is 53.4 Å². The SMILES string of the molecule is COc1ccc(C(OC[C@H]2O[C@@H](n3cc(C)c(=O)n(COCc4ccccc4)c3=O)C[C@@H]2SCCN)(c2ccccc2)c2ccc(OC)cc2)cc1. The maximum Gasteiger partial charge on any atom is 0.335 e. The third-order valence-corrected chi connectivity index (χ3v) is 10.7. The first-order chi connectivity index (χ1) is 25.4. The van der Waals surface area contributed by atoms with E-state index in [9.17, 15) is 9.59 Å². The fraction of sp³-hybridized carbons (Fsp3) is 0.317. The van der Waals surface area contributed by atoms with Gasteiger partial charge in [-0.25, -0.2) is 9.36 Å². The first-order valence-corrected chi connectivity index (χ1v) is 18.3. The van der Waals surface area contributed by atoms with Crippen molar-refractivity contribution in [3.8, 4) is 11.5 Å². The van der Waals surface area contributed by atoms with Crippen LogP contribution in [0.4, 0.5) is 0 Å². The van der Waals surface area contributed by atoms with Gasteiger partial charge in [0, 0.05) is 35.7 Å². The van der Waals surface area contributed by atoms with Crippen LogP contribution in [-0.4, -0.2) is 53.6 Å². The van der Waals surface area contributed by atoms with E-state index in [0.717, 1.165) is 38.3 Å². The first-order valence-electron chi connectivity index (χ1n) is 17.3. The summed E-state index contributed by atoms with van der Waals surface area (Å²) in [6.07, 6.45) is 1.05. The topological polar surface area (TPSA) is 116 Å². The fourth-order valence-electron chi connectivity index (χ4n) is 6.60. The zero-order valence-electron chi connectivity index (χ0n) is 29.7. The van der Waals surface area contributed by atoms with Gasteiger partial charge in [-0.2, -0.15) is 11.8 Å². The van der Waals surface area contributed by atoms with Gasteiger partial charge < -0.3 is 29.4 Å². The predicted molar refractivity (Wildman–Crippen MR) is 203 cm³/mol. The summed E-state index contributed by atoms with van der Waals surface area (Å²) < 4.78 is 33.4. The van der Waals surface area contributed by atoms with Gasteiger partial charge in [0.1, 0.15) is 30.1 Å². The van der Waals surface area contributed by atoms with Crippen molar-refractivity contribution < 1.29 is 23.7 Å². The van der Waals surface area contributed by atoms with E-state index in [1.807, 2.05) is 97.1 Å². The molecule has 0 aliphatic carbocycles. The second kappa shape index (κ2) is 17.2. The highest BCUT2D eigenvalue weighted by atomic mass is 32.2. The quantitative estimate of drug-likeness (QED) is 0.125. The molecule has 1 saturated heterocycles. The van der Waals surface area contributed by atoms with Crippen molar-refractivity contribution in [2.24, 2.45) is 5.73 Å². The lowest BCUT2D eigenvalue weighted by atomic mass is 9.80. The van der Waals surface area contributed by atoms with E-state index in [1.165, 1.54) is 4.57 Å². The van der Waals surface area contributed by atoms with Crippen molar-refractivity contribution in [3.05, 3.63) is 164 Å². The largest absolute Gasteiger partial charge is 0.497 e. The fourth-order valence-corrected chi connectivity index (χ4v) is 7.70. The lowest BCUT2D eigenvalue weighted by molar-refractivity contribution is -0.0772. The van der Waals surface area contributed by atoms with Crippen LogP contribution >= 0.6 is 11.8 Å². The van der Waals surface area contributed by atoms with Crippen LogP contribution in [0.3, 0.4) is 0 Å². The Morgan fingerprint density at radius 3 is 1.98 bits per heavy atom. The molecule has 2 heterocycles. The molecule has 0 saturated carbocycles. The van der Waals surface area contributed by atoms with Crippen LogP contribution < -0.4 is 26.5 Å². The molecule has 272 valence electrons. The van der Waals surface area contributed by atoms with Crippen LogP contribution in [0.1, 0.15) is 40.5 Å². The van der Waals surface area contributed by atoms with Crippen LogP contribution in [0, 0.1) is 6.92 Å². The van der Waals surface area contributed by atoms with Crippen LogP contribution in [0.25, 0.3) is 0 Å². The summed E-state index contributed by atoms with van der Waals surface area (Å²) in [6, 6.07) is 35.5. The Kier molecular flexibility index (Phi) is 12.3. The number of ether oxygens (including phenoxy) is 5. The van der Waals surface area contributed by atoms with Gasteiger partial charge in [0.05, 0.1) is 33.5 Å². The molecule has 1 aliphatic rings. The van der Waals surface area contributed by atoms with Crippen molar-refractivity contribution in [2.45, 2.75) is 49.9 Å². The van der Waals surface area contributed by atoms with Crippen LogP contribution in [0.2, 0.25) is 0 Å². The van der Waals surface area contributed by atoms with E-state index in [4.69, 9.17) is 29.4 Å². The number of methoxy groups -OCH3 is 2. The average Bonchev–Trinajstić information content (AvgIpc) is 3.60. The maximum atomic E-state index is 13.9. The van der Waals surface area contributed by atoms with E-state index in [1.54, 1.807) is 39.1 Å². The summed E-state index contributed by atoms with van der Waals surface area (Å²) in [6.45, 7) is 2.47. The number of rotatable bonds is 16. The standard InChI is InChI=1S/C41H45N3O7S/c1-29-25-43(40(46)44(39(29)45)28-49-26-30-10-6-4-7-11-30)38-24-37(52-23-22-42)36(51-38)27-50-41(31-12-8-5-9-13-31,32-14-18-34(47-2)19-15-32)33-16-20-35(48-3)21-17-33/h4-21,25,36-38H,22-24,26-28,42H2,1-3H3/t36-,37+,38-/m1/s1. The second-order valence-electron chi connectivity index (χ2n) is 12.6. The number of hydrogen-bond donors (Lipinski definition) is 1. The molecule has 6 rings (SSSR count). The molecule has 1 aliphatic heterocycles. The Morgan fingerprint density at radius 1 is 0.827 bits per heavy atom. The lowest BCUT2D eigenvalue weighted by Gasteiger charge is -2.37. The van der Waals surface area contributed by atoms with E-state index in [0.29, 0.717) is 24.3 Å².